The first-order valence-electron chi connectivity index (χ1n) is 3.77. The molecule has 0 atom stereocenters. The van der Waals surface area contributed by atoms with Gasteiger partial charge in [-0.05, 0) is 20.8 Å². The molecule has 12 heavy (non-hydrogen) atoms. The van der Waals surface area contributed by atoms with Gasteiger partial charge in [-0.1, -0.05) is 0 Å². The van der Waals surface area contributed by atoms with Crippen LogP contribution in [-0.4, -0.2) is 18.7 Å². The summed E-state index contributed by atoms with van der Waals surface area (Å²) in [4.78, 5) is 22.9. The number of carbonyl (C=O) groups is 2. The van der Waals surface area contributed by atoms with Crippen molar-refractivity contribution in [2.75, 3.05) is 7.11 Å². The van der Waals surface area contributed by atoms with Gasteiger partial charge in [0.1, 0.15) is 0 Å². The minimum atomic E-state index is -0.921. The van der Waals surface area contributed by atoms with E-state index in [0.29, 0.717) is 5.57 Å². The van der Waals surface area contributed by atoms with Gasteiger partial charge in [-0.2, -0.15) is 0 Å². The molecule has 3 heteroatoms. The van der Waals surface area contributed by atoms with Crippen molar-refractivity contribution in [1.82, 2.24) is 0 Å². The van der Waals surface area contributed by atoms with E-state index in [1.54, 1.807) is 20.8 Å². The molecule has 3 nitrogen and oxygen atoms in total. The quantitative estimate of drug-likeness (QED) is 0.550. The van der Waals surface area contributed by atoms with E-state index in [1.807, 2.05) is 0 Å². The maximum atomic E-state index is 11.5. The Morgan fingerprint density at radius 1 is 1.17 bits per heavy atom. The van der Waals surface area contributed by atoms with E-state index in [-0.39, 0.29) is 17.3 Å². The van der Waals surface area contributed by atoms with Crippen LogP contribution in [0, 0.1) is 5.41 Å². The maximum Gasteiger partial charge on any atom is 0.211 e. The van der Waals surface area contributed by atoms with E-state index in [1.165, 1.54) is 7.11 Å². The van der Waals surface area contributed by atoms with Crippen molar-refractivity contribution in [2.24, 2.45) is 5.41 Å². The predicted octanol–water partition coefficient (Wildman–Crippen LogP) is 1.08. The lowest BCUT2D eigenvalue weighted by atomic mass is 9.87. The molecule has 1 aliphatic carbocycles. The van der Waals surface area contributed by atoms with Crippen molar-refractivity contribution in [1.29, 1.82) is 0 Å². The summed E-state index contributed by atoms with van der Waals surface area (Å²) in [6.07, 6.45) is 0. The van der Waals surface area contributed by atoms with Crippen LogP contribution in [0.25, 0.3) is 0 Å². The number of rotatable bonds is 1. The summed E-state index contributed by atoms with van der Waals surface area (Å²) >= 11 is 0. The normalized spacial score (nSPS) is 22.0. The number of methoxy groups -OCH3 is 1. The Morgan fingerprint density at radius 3 is 1.83 bits per heavy atom. The molecule has 0 saturated heterocycles. The Hall–Kier alpha value is -1.12. The summed E-state index contributed by atoms with van der Waals surface area (Å²) in [6, 6.07) is 0. The van der Waals surface area contributed by atoms with E-state index in [0.717, 1.165) is 0 Å². The number of allylic oxidation sites excluding steroid dienone is 2. The van der Waals surface area contributed by atoms with Gasteiger partial charge in [0, 0.05) is 5.57 Å². The first kappa shape index (κ1) is 8.97. The van der Waals surface area contributed by atoms with Crippen molar-refractivity contribution in [3.63, 3.8) is 0 Å². The molecule has 1 aliphatic rings. The fourth-order valence-corrected chi connectivity index (χ4v) is 1.37. The molecule has 0 spiro atoms. The Morgan fingerprint density at radius 2 is 1.67 bits per heavy atom. The summed E-state index contributed by atoms with van der Waals surface area (Å²) in [5.41, 5.74) is -0.484. The molecule has 0 bridgehead atoms. The first-order chi connectivity index (χ1) is 5.42. The molecule has 0 aromatic rings. The number of hydrogen-bond donors (Lipinski definition) is 0. The molecular weight excluding hydrogens is 156 g/mol. The lowest BCUT2D eigenvalue weighted by Gasteiger charge is -2.12. The van der Waals surface area contributed by atoms with Crippen LogP contribution in [0.5, 0.6) is 0 Å². The average Bonchev–Trinajstić information content (AvgIpc) is 2.15. The molecule has 0 saturated carbocycles. The Balaban J connectivity index is 3.21. The zero-order chi connectivity index (χ0) is 9.52. The van der Waals surface area contributed by atoms with Crippen LogP contribution < -0.4 is 0 Å². The van der Waals surface area contributed by atoms with Gasteiger partial charge in [-0.3, -0.25) is 9.59 Å². The zero-order valence-corrected chi connectivity index (χ0v) is 7.72. The standard InChI is InChI=1S/C9H12O3/c1-5-6(12-4)8(11)9(2,3)7(5)10/h1-4H3. The molecule has 0 aromatic carbocycles. The van der Waals surface area contributed by atoms with Crippen LogP contribution in [0.2, 0.25) is 0 Å². The predicted molar refractivity (Wildman–Crippen MR) is 43.5 cm³/mol. The minimum absolute atomic E-state index is 0.135. The van der Waals surface area contributed by atoms with Crippen LogP contribution >= 0.6 is 0 Å². The minimum Gasteiger partial charge on any atom is -0.493 e. The molecule has 0 fully saturated rings. The second-order valence-electron chi connectivity index (χ2n) is 3.44. The average molecular weight is 168 g/mol. The third-order valence-corrected chi connectivity index (χ3v) is 2.23. The van der Waals surface area contributed by atoms with Crippen LogP contribution in [-0.2, 0) is 14.3 Å². The monoisotopic (exact) mass is 168 g/mol. The molecule has 66 valence electrons. The number of carbonyl (C=O) groups excluding carboxylic acids is 2. The van der Waals surface area contributed by atoms with Gasteiger partial charge in [0.25, 0.3) is 0 Å². The molecule has 0 unspecified atom stereocenters. The van der Waals surface area contributed by atoms with Crippen molar-refractivity contribution in [3.8, 4) is 0 Å². The Bertz CT molecular complexity index is 284. The van der Waals surface area contributed by atoms with Crippen molar-refractivity contribution in [3.05, 3.63) is 11.3 Å². The van der Waals surface area contributed by atoms with E-state index in [2.05, 4.69) is 0 Å². The molecule has 1 rings (SSSR count). The number of hydrogen-bond acceptors (Lipinski definition) is 3. The second-order valence-corrected chi connectivity index (χ2v) is 3.44. The highest BCUT2D eigenvalue weighted by Gasteiger charge is 2.46. The highest BCUT2D eigenvalue weighted by molar-refractivity contribution is 6.26. The topological polar surface area (TPSA) is 43.4 Å². The zero-order valence-electron chi connectivity index (χ0n) is 7.72. The lowest BCUT2D eigenvalue weighted by Crippen LogP contribution is -2.27. The number of ether oxygens (including phenoxy) is 1. The van der Waals surface area contributed by atoms with Crippen LogP contribution in [0.15, 0.2) is 11.3 Å². The van der Waals surface area contributed by atoms with Gasteiger partial charge < -0.3 is 4.74 Å². The first-order valence-corrected chi connectivity index (χ1v) is 3.77. The molecular formula is C9H12O3. The fourth-order valence-electron chi connectivity index (χ4n) is 1.37. The highest BCUT2D eigenvalue weighted by atomic mass is 16.5. The highest BCUT2D eigenvalue weighted by Crippen LogP contribution is 2.34. The van der Waals surface area contributed by atoms with Crippen molar-refractivity contribution < 1.29 is 14.3 Å². The van der Waals surface area contributed by atoms with Crippen LogP contribution in [0.1, 0.15) is 20.8 Å². The summed E-state index contributed by atoms with van der Waals surface area (Å²) in [5, 5.41) is 0. The molecule has 0 radical (unpaired) electrons. The molecule has 0 amide bonds. The summed E-state index contributed by atoms with van der Waals surface area (Å²) in [6.45, 7) is 4.86. The van der Waals surface area contributed by atoms with E-state index in [9.17, 15) is 9.59 Å². The Kier molecular flexibility index (Phi) is 1.82. The maximum absolute atomic E-state index is 11.5. The van der Waals surface area contributed by atoms with E-state index >= 15 is 0 Å². The van der Waals surface area contributed by atoms with Gasteiger partial charge in [0.2, 0.25) is 5.78 Å². The SMILES string of the molecule is COC1=C(C)C(=O)C(C)(C)C1=O. The van der Waals surface area contributed by atoms with Crippen LogP contribution in [0.4, 0.5) is 0 Å². The van der Waals surface area contributed by atoms with Gasteiger partial charge in [0.15, 0.2) is 11.5 Å². The fraction of sp³-hybridized carbons (Fsp3) is 0.556. The van der Waals surface area contributed by atoms with Gasteiger partial charge >= 0.3 is 0 Å². The second kappa shape index (κ2) is 2.44. The summed E-state index contributed by atoms with van der Waals surface area (Å²) in [5.74, 6) is -0.137. The largest absolute Gasteiger partial charge is 0.493 e. The van der Waals surface area contributed by atoms with Gasteiger partial charge in [-0.15, -0.1) is 0 Å². The number of ketones is 2. The van der Waals surface area contributed by atoms with E-state index < -0.39 is 5.41 Å². The molecule has 0 N–H and O–H groups in total. The van der Waals surface area contributed by atoms with Crippen molar-refractivity contribution >= 4 is 11.6 Å². The molecule has 0 aliphatic heterocycles. The third-order valence-electron chi connectivity index (χ3n) is 2.23. The van der Waals surface area contributed by atoms with Crippen molar-refractivity contribution in [2.45, 2.75) is 20.8 Å². The lowest BCUT2D eigenvalue weighted by molar-refractivity contribution is -0.133. The smallest absolute Gasteiger partial charge is 0.211 e. The molecule has 0 aromatic heterocycles. The molecule has 0 heterocycles. The number of Topliss-reactive ketones (excluding diaryl/α,β-unsaturated/α-hetero) is 2. The Labute approximate surface area is 71.4 Å². The summed E-state index contributed by atoms with van der Waals surface area (Å²) < 4.78 is 4.85. The van der Waals surface area contributed by atoms with E-state index in [4.69, 9.17) is 4.74 Å². The van der Waals surface area contributed by atoms with Gasteiger partial charge in [-0.25, -0.2) is 0 Å². The summed E-state index contributed by atoms with van der Waals surface area (Å²) in [7, 11) is 1.41. The third kappa shape index (κ3) is 0.891. The van der Waals surface area contributed by atoms with Gasteiger partial charge in [0.05, 0.1) is 12.5 Å². The van der Waals surface area contributed by atoms with Crippen LogP contribution in [0.3, 0.4) is 0 Å².